The second-order valence-electron chi connectivity index (χ2n) is 8.70. The van der Waals surface area contributed by atoms with Crippen LogP contribution in [0, 0.1) is 0 Å². The van der Waals surface area contributed by atoms with E-state index in [1.807, 2.05) is 73.7 Å². The number of pyridine rings is 1. The van der Waals surface area contributed by atoms with Crippen molar-refractivity contribution in [2.75, 3.05) is 25.5 Å². The van der Waals surface area contributed by atoms with E-state index in [1.54, 1.807) is 16.9 Å². The van der Waals surface area contributed by atoms with E-state index in [9.17, 15) is 4.79 Å². The Morgan fingerprint density at radius 3 is 2.56 bits per heavy atom. The minimum absolute atomic E-state index is 0.0859. The maximum Gasteiger partial charge on any atom is 0.273 e. The van der Waals surface area contributed by atoms with Crippen molar-refractivity contribution < 1.29 is 4.79 Å². The zero-order valence-electron chi connectivity index (χ0n) is 19.6. The van der Waals surface area contributed by atoms with Crippen LogP contribution in [-0.2, 0) is 7.05 Å². The van der Waals surface area contributed by atoms with E-state index in [4.69, 9.17) is 4.98 Å². The SMILES string of the molecule is CN(C)c1ncc(-c2ccccc2)c([C@@H]2CCCN2C(=O)c2cccc(-c3cnn(C)c3)n2)n1. The number of aromatic nitrogens is 5. The van der Waals surface area contributed by atoms with Crippen LogP contribution >= 0.6 is 0 Å². The zero-order valence-corrected chi connectivity index (χ0v) is 19.6. The number of hydrogen-bond donors (Lipinski definition) is 0. The molecule has 1 fully saturated rings. The third-order valence-corrected chi connectivity index (χ3v) is 6.09. The fourth-order valence-electron chi connectivity index (χ4n) is 4.40. The van der Waals surface area contributed by atoms with Gasteiger partial charge >= 0.3 is 0 Å². The summed E-state index contributed by atoms with van der Waals surface area (Å²) in [4.78, 5) is 31.6. The van der Waals surface area contributed by atoms with Crippen LogP contribution in [0.1, 0.15) is 35.1 Å². The first kappa shape index (κ1) is 21.8. The minimum Gasteiger partial charge on any atom is -0.347 e. The molecule has 8 nitrogen and oxygen atoms in total. The highest BCUT2D eigenvalue weighted by molar-refractivity contribution is 5.93. The van der Waals surface area contributed by atoms with Gasteiger partial charge in [-0.25, -0.2) is 15.0 Å². The predicted octanol–water partition coefficient (Wildman–Crippen LogP) is 3.98. The molecule has 1 aliphatic heterocycles. The topological polar surface area (TPSA) is 80.0 Å². The predicted molar refractivity (Wildman–Crippen MR) is 131 cm³/mol. The highest BCUT2D eigenvalue weighted by Gasteiger charge is 2.34. The lowest BCUT2D eigenvalue weighted by Crippen LogP contribution is -2.32. The van der Waals surface area contributed by atoms with Gasteiger partial charge in [-0.1, -0.05) is 36.4 Å². The monoisotopic (exact) mass is 453 g/mol. The van der Waals surface area contributed by atoms with Gasteiger partial charge in [-0.3, -0.25) is 9.48 Å². The Hall–Kier alpha value is -4.07. The molecule has 34 heavy (non-hydrogen) atoms. The summed E-state index contributed by atoms with van der Waals surface area (Å²) in [6.07, 6.45) is 7.28. The van der Waals surface area contributed by atoms with Gasteiger partial charge in [0.1, 0.15) is 5.69 Å². The average molecular weight is 454 g/mol. The number of aryl methyl sites for hydroxylation is 1. The molecule has 0 unspecified atom stereocenters. The lowest BCUT2D eigenvalue weighted by molar-refractivity contribution is 0.0727. The van der Waals surface area contributed by atoms with Crippen LogP contribution in [0.15, 0.2) is 67.1 Å². The van der Waals surface area contributed by atoms with Gasteiger partial charge in [-0.05, 0) is 30.5 Å². The standard InChI is InChI=1S/C26H27N7O/c1-31(2)26-27-16-20(18-9-5-4-6-10-18)24(30-26)23-13-8-14-33(23)25(34)22-12-7-11-21(29-22)19-15-28-32(3)17-19/h4-7,9-12,15-17,23H,8,13-14H2,1-3H3/t23-/m0/s1. The third kappa shape index (κ3) is 4.14. The highest BCUT2D eigenvalue weighted by atomic mass is 16.2. The average Bonchev–Trinajstić information content (AvgIpc) is 3.53. The molecule has 4 heterocycles. The van der Waals surface area contributed by atoms with Crippen LogP contribution in [0.2, 0.25) is 0 Å². The Bertz CT molecular complexity index is 1320. The summed E-state index contributed by atoms with van der Waals surface area (Å²) >= 11 is 0. The molecule has 0 N–H and O–H groups in total. The molecule has 1 saturated heterocycles. The molecule has 8 heteroatoms. The molecular weight excluding hydrogens is 426 g/mol. The number of rotatable bonds is 5. The maximum absolute atomic E-state index is 13.7. The van der Waals surface area contributed by atoms with Crippen LogP contribution in [0.3, 0.4) is 0 Å². The van der Waals surface area contributed by atoms with E-state index in [2.05, 4.69) is 27.2 Å². The van der Waals surface area contributed by atoms with Gasteiger partial charge in [-0.15, -0.1) is 0 Å². The summed E-state index contributed by atoms with van der Waals surface area (Å²) in [7, 11) is 5.71. The molecule has 0 radical (unpaired) electrons. The van der Waals surface area contributed by atoms with Crippen molar-refractivity contribution in [2.45, 2.75) is 18.9 Å². The fraction of sp³-hybridized carbons (Fsp3) is 0.269. The van der Waals surface area contributed by atoms with Crippen molar-refractivity contribution in [1.82, 2.24) is 29.6 Å². The number of nitrogens with zero attached hydrogens (tertiary/aromatic N) is 7. The van der Waals surface area contributed by atoms with E-state index < -0.39 is 0 Å². The molecule has 172 valence electrons. The van der Waals surface area contributed by atoms with Gasteiger partial charge in [0.2, 0.25) is 5.95 Å². The van der Waals surface area contributed by atoms with Crippen molar-refractivity contribution in [3.63, 3.8) is 0 Å². The first-order valence-electron chi connectivity index (χ1n) is 11.4. The summed E-state index contributed by atoms with van der Waals surface area (Å²) in [6, 6.07) is 15.5. The second kappa shape index (κ2) is 9.05. The summed E-state index contributed by atoms with van der Waals surface area (Å²) in [5.41, 5.74) is 4.91. The van der Waals surface area contributed by atoms with E-state index in [-0.39, 0.29) is 11.9 Å². The molecule has 0 bridgehead atoms. The molecule has 0 spiro atoms. The quantitative estimate of drug-likeness (QED) is 0.455. The van der Waals surface area contributed by atoms with Crippen molar-refractivity contribution in [3.05, 3.63) is 78.5 Å². The van der Waals surface area contributed by atoms with Crippen LogP contribution < -0.4 is 4.90 Å². The maximum atomic E-state index is 13.7. The molecule has 1 atom stereocenters. The molecule has 0 saturated carbocycles. The van der Waals surface area contributed by atoms with Crippen molar-refractivity contribution in [2.24, 2.45) is 7.05 Å². The number of carbonyl (C=O) groups excluding carboxylic acids is 1. The lowest BCUT2D eigenvalue weighted by Gasteiger charge is -2.26. The number of anilines is 1. The molecule has 4 aromatic rings. The molecular formula is C26H27N7O. The summed E-state index contributed by atoms with van der Waals surface area (Å²) in [5, 5.41) is 4.22. The number of benzene rings is 1. The van der Waals surface area contributed by atoms with Crippen molar-refractivity contribution in [1.29, 1.82) is 0 Å². The second-order valence-corrected chi connectivity index (χ2v) is 8.70. The van der Waals surface area contributed by atoms with Crippen LogP contribution in [0.5, 0.6) is 0 Å². The number of carbonyl (C=O) groups is 1. The zero-order chi connectivity index (χ0) is 23.7. The summed E-state index contributed by atoms with van der Waals surface area (Å²) in [6.45, 7) is 0.665. The Labute approximate surface area is 198 Å². The molecule has 1 aliphatic rings. The molecule has 5 rings (SSSR count). The summed E-state index contributed by atoms with van der Waals surface area (Å²) in [5.74, 6) is 0.544. The molecule has 0 aliphatic carbocycles. The van der Waals surface area contributed by atoms with Gasteiger partial charge in [0.05, 0.1) is 23.6 Å². The van der Waals surface area contributed by atoms with Crippen LogP contribution in [-0.4, -0.2) is 56.2 Å². The number of hydrogen-bond acceptors (Lipinski definition) is 6. The highest BCUT2D eigenvalue weighted by Crippen LogP contribution is 2.37. The lowest BCUT2D eigenvalue weighted by atomic mass is 9.99. The Morgan fingerprint density at radius 1 is 1.00 bits per heavy atom. The van der Waals surface area contributed by atoms with E-state index in [0.717, 1.165) is 40.9 Å². The van der Waals surface area contributed by atoms with E-state index >= 15 is 0 Å². The Balaban J connectivity index is 1.52. The van der Waals surface area contributed by atoms with Gasteiger partial charge in [0.15, 0.2) is 0 Å². The van der Waals surface area contributed by atoms with Crippen molar-refractivity contribution >= 4 is 11.9 Å². The van der Waals surface area contributed by atoms with Gasteiger partial charge in [0.25, 0.3) is 5.91 Å². The Morgan fingerprint density at radius 2 is 1.82 bits per heavy atom. The van der Waals surface area contributed by atoms with Crippen LogP contribution in [0.25, 0.3) is 22.4 Å². The van der Waals surface area contributed by atoms with Gasteiger partial charge in [-0.2, -0.15) is 5.10 Å². The number of likely N-dealkylation sites (tertiary alicyclic amines) is 1. The molecule has 1 aromatic carbocycles. The van der Waals surface area contributed by atoms with E-state index in [0.29, 0.717) is 18.2 Å². The Kier molecular flexibility index (Phi) is 5.79. The first-order chi connectivity index (χ1) is 16.5. The van der Waals surface area contributed by atoms with Gasteiger partial charge < -0.3 is 9.80 Å². The van der Waals surface area contributed by atoms with E-state index in [1.165, 1.54) is 0 Å². The first-order valence-corrected chi connectivity index (χ1v) is 11.4. The molecule has 3 aromatic heterocycles. The largest absolute Gasteiger partial charge is 0.347 e. The van der Waals surface area contributed by atoms with Gasteiger partial charge in [0, 0.05) is 51.2 Å². The smallest absolute Gasteiger partial charge is 0.273 e. The minimum atomic E-state index is -0.145. The summed E-state index contributed by atoms with van der Waals surface area (Å²) < 4.78 is 1.73. The third-order valence-electron chi connectivity index (χ3n) is 6.09. The van der Waals surface area contributed by atoms with Crippen LogP contribution in [0.4, 0.5) is 5.95 Å². The normalized spacial score (nSPS) is 15.5. The fourth-order valence-corrected chi connectivity index (χ4v) is 4.40. The van der Waals surface area contributed by atoms with Crippen molar-refractivity contribution in [3.8, 4) is 22.4 Å². The number of amides is 1. The molecule has 1 amide bonds.